The maximum Gasteiger partial charge on any atom is 0.334 e. The van der Waals surface area contributed by atoms with Crippen LogP contribution in [0.2, 0.25) is 0 Å². The fourth-order valence-corrected chi connectivity index (χ4v) is 4.17. The lowest BCUT2D eigenvalue weighted by atomic mass is 9.54. The number of aliphatic hydroxyl groups is 2. The predicted octanol–water partition coefficient (Wildman–Crippen LogP) is 1.18. The molecule has 1 aliphatic heterocycles. The summed E-state index contributed by atoms with van der Waals surface area (Å²) in [5.41, 5.74) is 1.03. The van der Waals surface area contributed by atoms with Crippen molar-refractivity contribution >= 4 is 5.97 Å². The molecule has 104 valence electrons. The maximum atomic E-state index is 11.6. The molecular weight excluding hydrogens is 244 g/mol. The Kier molecular flexibility index (Phi) is 2.67. The van der Waals surface area contributed by atoms with E-state index in [1.807, 2.05) is 6.92 Å². The third-order valence-electron chi connectivity index (χ3n) is 5.35. The molecule has 2 aliphatic carbocycles. The van der Waals surface area contributed by atoms with Gasteiger partial charge in [-0.2, -0.15) is 0 Å². The number of aliphatic hydroxyl groups excluding tert-OH is 2. The molecular formula is C15H20O4. The molecule has 4 nitrogen and oxygen atoms in total. The van der Waals surface area contributed by atoms with Crippen molar-refractivity contribution in [1.82, 2.24) is 0 Å². The lowest BCUT2D eigenvalue weighted by Gasteiger charge is -2.53. The summed E-state index contributed by atoms with van der Waals surface area (Å²) >= 11 is 0. The van der Waals surface area contributed by atoms with Crippen molar-refractivity contribution in [2.45, 2.75) is 44.5 Å². The third-order valence-corrected chi connectivity index (χ3v) is 5.35. The van der Waals surface area contributed by atoms with Crippen molar-refractivity contribution in [2.75, 3.05) is 0 Å². The molecule has 3 rings (SSSR count). The topological polar surface area (TPSA) is 66.8 Å². The molecule has 19 heavy (non-hydrogen) atoms. The molecule has 0 spiro atoms. The first-order chi connectivity index (χ1) is 8.84. The van der Waals surface area contributed by atoms with E-state index in [-0.39, 0.29) is 23.9 Å². The van der Waals surface area contributed by atoms with Gasteiger partial charge in [0, 0.05) is 16.9 Å². The van der Waals surface area contributed by atoms with Gasteiger partial charge in [-0.25, -0.2) is 4.79 Å². The summed E-state index contributed by atoms with van der Waals surface area (Å²) in [5.74, 6) is -0.180. The van der Waals surface area contributed by atoms with Crippen molar-refractivity contribution in [3.8, 4) is 0 Å². The second kappa shape index (κ2) is 3.93. The van der Waals surface area contributed by atoms with Gasteiger partial charge in [-0.05, 0) is 25.2 Å². The third kappa shape index (κ3) is 1.63. The molecule has 1 saturated heterocycles. The largest absolute Gasteiger partial charge is 0.458 e. The molecule has 1 heterocycles. The van der Waals surface area contributed by atoms with Crippen molar-refractivity contribution in [3.05, 3.63) is 24.3 Å². The zero-order valence-electron chi connectivity index (χ0n) is 11.1. The summed E-state index contributed by atoms with van der Waals surface area (Å²) in [4.78, 5) is 11.6. The molecule has 0 aromatic heterocycles. The standard InChI is InChI=1S/C15H20O4/c1-7-4-11(16)13(17)15(3)6-12-9(5-10(7)15)8(2)14(18)19-12/h9-13,16-17H,1-2,4-6H2,3H3/t9-,10-,11-,12+,13+,15+/m0/s1. The van der Waals surface area contributed by atoms with E-state index in [2.05, 4.69) is 13.2 Å². The van der Waals surface area contributed by atoms with Gasteiger partial charge >= 0.3 is 5.97 Å². The van der Waals surface area contributed by atoms with E-state index in [9.17, 15) is 15.0 Å². The van der Waals surface area contributed by atoms with Gasteiger partial charge < -0.3 is 14.9 Å². The highest BCUT2D eigenvalue weighted by Crippen LogP contribution is 2.56. The van der Waals surface area contributed by atoms with Gasteiger partial charge in [0.2, 0.25) is 0 Å². The molecule has 3 aliphatic rings. The molecule has 0 unspecified atom stereocenters. The zero-order chi connectivity index (χ0) is 13.9. The summed E-state index contributed by atoms with van der Waals surface area (Å²) in [6, 6.07) is 0. The summed E-state index contributed by atoms with van der Waals surface area (Å²) in [6.07, 6.45) is -0.0604. The first-order valence-electron chi connectivity index (χ1n) is 6.78. The van der Waals surface area contributed by atoms with E-state index in [1.165, 1.54) is 0 Å². The number of ether oxygens (including phenoxy) is 1. The summed E-state index contributed by atoms with van der Waals surface area (Å²) in [5, 5.41) is 20.3. The first kappa shape index (κ1) is 12.9. The maximum absolute atomic E-state index is 11.6. The molecule has 2 saturated carbocycles. The minimum atomic E-state index is -0.795. The van der Waals surface area contributed by atoms with Crippen LogP contribution in [0.1, 0.15) is 26.2 Å². The Morgan fingerprint density at radius 1 is 1.37 bits per heavy atom. The fraction of sp³-hybridized carbons (Fsp3) is 0.667. The normalized spacial score (nSPS) is 49.6. The highest BCUT2D eigenvalue weighted by atomic mass is 16.6. The molecule has 0 amide bonds. The second-order valence-corrected chi connectivity index (χ2v) is 6.45. The van der Waals surface area contributed by atoms with E-state index in [1.54, 1.807) is 0 Å². The fourth-order valence-electron chi connectivity index (χ4n) is 4.17. The van der Waals surface area contributed by atoms with Crippen LogP contribution in [0.3, 0.4) is 0 Å². The van der Waals surface area contributed by atoms with Crippen molar-refractivity contribution in [3.63, 3.8) is 0 Å². The first-order valence-corrected chi connectivity index (χ1v) is 6.78. The summed E-state index contributed by atoms with van der Waals surface area (Å²) in [6.45, 7) is 9.84. The Bertz CT molecular complexity index is 469. The second-order valence-electron chi connectivity index (χ2n) is 6.45. The number of rotatable bonds is 0. The number of hydrogen-bond acceptors (Lipinski definition) is 4. The quantitative estimate of drug-likeness (QED) is 0.392. The Morgan fingerprint density at radius 3 is 2.74 bits per heavy atom. The molecule has 0 bridgehead atoms. The molecule has 4 heteroatoms. The highest BCUT2D eigenvalue weighted by molar-refractivity contribution is 5.90. The van der Waals surface area contributed by atoms with Gasteiger partial charge in [0.25, 0.3) is 0 Å². The molecule has 0 aromatic rings. The average Bonchev–Trinajstić information content (AvgIpc) is 2.60. The van der Waals surface area contributed by atoms with Crippen LogP contribution >= 0.6 is 0 Å². The Balaban J connectivity index is 1.95. The van der Waals surface area contributed by atoms with Gasteiger partial charge in [-0.1, -0.05) is 25.7 Å². The van der Waals surface area contributed by atoms with Crippen molar-refractivity contribution in [2.24, 2.45) is 17.3 Å². The molecule has 3 fully saturated rings. The van der Waals surface area contributed by atoms with Gasteiger partial charge in [0.1, 0.15) is 6.10 Å². The van der Waals surface area contributed by atoms with E-state index >= 15 is 0 Å². The highest BCUT2D eigenvalue weighted by Gasteiger charge is 2.57. The SMILES string of the molecule is C=C1C(=O)O[C@@H]2C[C@@]3(C)[C@H](O)[C@@H](O)CC(=C)[C@@H]3C[C@@H]12. The average molecular weight is 264 g/mol. The Morgan fingerprint density at radius 2 is 2.05 bits per heavy atom. The molecule has 0 aromatic carbocycles. The predicted molar refractivity (Wildman–Crippen MR) is 69.1 cm³/mol. The van der Waals surface area contributed by atoms with Crippen LogP contribution in [-0.4, -0.2) is 34.5 Å². The van der Waals surface area contributed by atoms with Crippen LogP contribution in [0.5, 0.6) is 0 Å². The van der Waals surface area contributed by atoms with Crippen LogP contribution in [0.15, 0.2) is 24.3 Å². The summed E-state index contributed by atoms with van der Waals surface area (Å²) in [7, 11) is 0. The smallest absolute Gasteiger partial charge is 0.334 e. The summed E-state index contributed by atoms with van der Waals surface area (Å²) < 4.78 is 5.35. The minimum absolute atomic E-state index is 0.0322. The van der Waals surface area contributed by atoms with Crippen LogP contribution in [0.25, 0.3) is 0 Å². The lowest BCUT2D eigenvalue weighted by Crippen LogP contribution is -2.55. The van der Waals surface area contributed by atoms with Gasteiger partial charge in [-0.15, -0.1) is 0 Å². The van der Waals surface area contributed by atoms with Crippen molar-refractivity contribution < 1.29 is 19.7 Å². The monoisotopic (exact) mass is 264 g/mol. The Labute approximate surface area is 112 Å². The zero-order valence-corrected chi connectivity index (χ0v) is 11.1. The molecule has 0 radical (unpaired) electrons. The van der Waals surface area contributed by atoms with E-state index < -0.39 is 17.6 Å². The molecule has 2 N–H and O–H groups in total. The van der Waals surface area contributed by atoms with Gasteiger partial charge in [-0.3, -0.25) is 0 Å². The number of carbonyl (C=O) groups is 1. The number of fused-ring (bicyclic) bond motifs is 2. The number of esters is 1. The number of carbonyl (C=O) groups excluding carboxylic acids is 1. The minimum Gasteiger partial charge on any atom is -0.458 e. The van der Waals surface area contributed by atoms with Gasteiger partial charge in [0.05, 0.1) is 12.2 Å². The Hall–Kier alpha value is -1.13. The van der Waals surface area contributed by atoms with Crippen LogP contribution in [-0.2, 0) is 9.53 Å². The van der Waals surface area contributed by atoms with E-state index in [4.69, 9.17) is 4.74 Å². The van der Waals surface area contributed by atoms with Gasteiger partial charge in [0.15, 0.2) is 0 Å². The van der Waals surface area contributed by atoms with Crippen molar-refractivity contribution in [1.29, 1.82) is 0 Å². The van der Waals surface area contributed by atoms with Crippen LogP contribution < -0.4 is 0 Å². The van der Waals surface area contributed by atoms with E-state index in [0.717, 1.165) is 12.0 Å². The number of hydrogen-bond donors (Lipinski definition) is 2. The molecule has 6 atom stereocenters. The van der Waals surface area contributed by atoms with Crippen LogP contribution in [0.4, 0.5) is 0 Å². The lowest BCUT2D eigenvalue weighted by molar-refractivity contribution is -0.154. The van der Waals surface area contributed by atoms with Crippen LogP contribution in [0, 0.1) is 17.3 Å². The van der Waals surface area contributed by atoms with E-state index in [0.29, 0.717) is 18.4 Å².